The van der Waals surface area contributed by atoms with Crippen LogP contribution < -0.4 is 19.5 Å². The summed E-state index contributed by atoms with van der Waals surface area (Å²) >= 11 is 0. The van der Waals surface area contributed by atoms with E-state index in [1.165, 1.54) is 0 Å². The van der Waals surface area contributed by atoms with Crippen molar-refractivity contribution < 1.29 is 19.0 Å². The molecule has 2 rings (SSSR count). The predicted octanol–water partition coefficient (Wildman–Crippen LogP) is 3.49. The minimum atomic E-state index is -0.0234. The van der Waals surface area contributed by atoms with Crippen LogP contribution in [0, 0.1) is 19.3 Å². The van der Waals surface area contributed by atoms with Crippen molar-refractivity contribution in [3.63, 3.8) is 0 Å². The van der Waals surface area contributed by atoms with Crippen molar-refractivity contribution in [2.45, 2.75) is 26.3 Å². The van der Waals surface area contributed by atoms with Crippen LogP contribution in [0.1, 0.15) is 24.0 Å². The molecule has 2 aromatic rings. The number of methoxy groups -OCH3 is 1. The second-order valence-electron chi connectivity index (χ2n) is 6.02. The number of benzene rings is 2. The van der Waals surface area contributed by atoms with Gasteiger partial charge in [0.05, 0.1) is 13.7 Å². The van der Waals surface area contributed by atoms with Gasteiger partial charge in [-0.2, -0.15) is 0 Å². The molecule has 142 valence electrons. The molecule has 0 aliphatic rings. The molecule has 0 bridgehead atoms. The Balaban J connectivity index is 1.74. The molecule has 0 aliphatic carbocycles. The van der Waals surface area contributed by atoms with Crippen molar-refractivity contribution in [3.05, 3.63) is 53.6 Å². The van der Waals surface area contributed by atoms with Gasteiger partial charge < -0.3 is 19.5 Å². The number of amides is 1. The Kier molecular flexibility index (Phi) is 8.05. The zero-order valence-corrected chi connectivity index (χ0v) is 15.8. The Labute approximate surface area is 160 Å². The molecular weight excluding hydrogens is 342 g/mol. The van der Waals surface area contributed by atoms with Gasteiger partial charge in [0.2, 0.25) is 5.91 Å². The van der Waals surface area contributed by atoms with Gasteiger partial charge in [-0.25, -0.2) is 0 Å². The first-order chi connectivity index (χ1) is 13.1. The van der Waals surface area contributed by atoms with Gasteiger partial charge in [-0.3, -0.25) is 4.79 Å². The van der Waals surface area contributed by atoms with Crippen LogP contribution in [0.15, 0.2) is 42.5 Å². The minimum Gasteiger partial charge on any atom is -0.494 e. The smallest absolute Gasteiger partial charge is 0.220 e. The largest absolute Gasteiger partial charge is 0.494 e. The van der Waals surface area contributed by atoms with E-state index in [0.717, 1.165) is 16.9 Å². The van der Waals surface area contributed by atoms with Gasteiger partial charge in [-0.1, -0.05) is 24.1 Å². The average Bonchev–Trinajstić information content (AvgIpc) is 2.68. The van der Waals surface area contributed by atoms with Crippen LogP contribution in [0.25, 0.3) is 0 Å². The maximum absolute atomic E-state index is 12.0. The number of nitrogens with one attached hydrogen (secondary N) is 1. The van der Waals surface area contributed by atoms with Crippen molar-refractivity contribution in [3.8, 4) is 29.6 Å². The second-order valence-corrected chi connectivity index (χ2v) is 6.02. The van der Waals surface area contributed by atoms with Crippen LogP contribution in [-0.4, -0.2) is 26.2 Å². The second kappa shape index (κ2) is 10.8. The number of ether oxygens (including phenoxy) is 3. The van der Waals surface area contributed by atoms with Gasteiger partial charge in [0.25, 0.3) is 0 Å². The highest BCUT2D eigenvalue weighted by atomic mass is 16.5. The van der Waals surface area contributed by atoms with Gasteiger partial charge in [-0.05, 0) is 48.7 Å². The van der Waals surface area contributed by atoms with Crippen molar-refractivity contribution in [2.75, 3.05) is 20.3 Å². The molecule has 5 nitrogen and oxygen atoms in total. The van der Waals surface area contributed by atoms with E-state index in [1.54, 1.807) is 13.2 Å². The fraction of sp³-hybridized carbons (Fsp3) is 0.318. The lowest BCUT2D eigenvalue weighted by Crippen LogP contribution is -2.23. The van der Waals surface area contributed by atoms with Crippen LogP contribution in [0.3, 0.4) is 0 Å². The number of carbonyl (C=O) groups is 1. The number of rotatable bonds is 10. The average molecular weight is 367 g/mol. The van der Waals surface area contributed by atoms with Crippen molar-refractivity contribution in [2.24, 2.45) is 0 Å². The summed E-state index contributed by atoms with van der Waals surface area (Å²) in [7, 11) is 1.57. The molecule has 0 aliphatic heterocycles. The summed E-state index contributed by atoms with van der Waals surface area (Å²) in [6.07, 6.45) is 6.28. The van der Waals surface area contributed by atoms with Gasteiger partial charge in [0.1, 0.15) is 12.4 Å². The monoisotopic (exact) mass is 367 g/mol. The number of hydrogen-bond acceptors (Lipinski definition) is 4. The van der Waals surface area contributed by atoms with Crippen molar-refractivity contribution in [1.29, 1.82) is 0 Å². The summed E-state index contributed by atoms with van der Waals surface area (Å²) in [5, 5.41) is 2.90. The Morgan fingerprint density at radius 1 is 1.15 bits per heavy atom. The Hall–Kier alpha value is -3.13. The molecule has 27 heavy (non-hydrogen) atoms. The first-order valence-corrected chi connectivity index (χ1v) is 8.81. The summed E-state index contributed by atoms with van der Waals surface area (Å²) in [5.41, 5.74) is 2.06. The molecule has 0 heterocycles. The number of hydrogen-bond donors (Lipinski definition) is 1. The lowest BCUT2D eigenvalue weighted by molar-refractivity contribution is -0.121. The highest BCUT2D eigenvalue weighted by molar-refractivity contribution is 5.75. The molecule has 5 heteroatoms. The summed E-state index contributed by atoms with van der Waals surface area (Å²) in [6.45, 7) is 3.09. The van der Waals surface area contributed by atoms with E-state index in [1.807, 2.05) is 43.3 Å². The Bertz CT molecular complexity index is 795. The van der Waals surface area contributed by atoms with Gasteiger partial charge >= 0.3 is 0 Å². The third-order valence-corrected chi connectivity index (χ3v) is 3.84. The molecular formula is C22H25NO4. The molecule has 0 aromatic heterocycles. The molecule has 1 N–H and O–H groups in total. The van der Waals surface area contributed by atoms with Crippen molar-refractivity contribution >= 4 is 5.91 Å². The van der Waals surface area contributed by atoms with Gasteiger partial charge in [0.15, 0.2) is 11.5 Å². The molecule has 0 radical (unpaired) electrons. The molecule has 0 saturated heterocycles. The van der Waals surface area contributed by atoms with E-state index in [0.29, 0.717) is 37.5 Å². The zero-order valence-electron chi connectivity index (χ0n) is 15.8. The fourth-order valence-electron chi connectivity index (χ4n) is 2.48. The first-order valence-electron chi connectivity index (χ1n) is 8.81. The molecule has 1 amide bonds. The maximum Gasteiger partial charge on any atom is 0.220 e. The normalized spacial score (nSPS) is 9.96. The summed E-state index contributed by atoms with van der Waals surface area (Å²) in [5.74, 6) is 4.39. The molecule has 0 atom stereocenters. The topological polar surface area (TPSA) is 56.8 Å². The van der Waals surface area contributed by atoms with Crippen LogP contribution >= 0.6 is 0 Å². The van der Waals surface area contributed by atoms with E-state index in [9.17, 15) is 4.79 Å². The van der Waals surface area contributed by atoms with E-state index in [4.69, 9.17) is 20.6 Å². The third-order valence-electron chi connectivity index (χ3n) is 3.84. The van der Waals surface area contributed by atoms with Crippen LogP contribution in [-0.2, 0) is 11.3 Å². The van der Waals surface area contributed by atoms with Crippen LogP contribution in [0.4, 0.5) is 0 Å². The minimum absolute atomic E-state index is 0.0234. The van der Waals surface area contributed by atoms with E-state index < -0.39 is 0 Å². The van der Waals surface area contributed by atoms with Gasteiger partial charge in [0, 0.05) is 13.0 Å². The van der Waals surface area contributed by atoms with E-state index in [-0.39, 0.29) is 12.5 Å². The first kappa shape index (κ1) is 20.2. The highest BCUT2D eigenvalue weighted by Gasteiger charge is 2.07. The predicted molar refractivity (Wildman–Crippen MR) is 105 cm³/mol. The molecule has 2 aromatic carbocycles. The standard InChI is InChI=1S/C22H25NO4/c1-4-12-27-21-15-18(10-11-20(21)25-3)16-23-22(24)9-6-13-26-19-8-5-7-17(2)14-19/h1,5,7-8,10-11,14-15H,6,9,12-13,16H2,2-3H3,(H,23,24). The third kappa shape index (κ3) is 6.95. The van der Waals surface area contributed by atoms with E-state index >= 15 is 0 Å². The Morgan fingerprint density at radius 2 is 2.00 bits per heavy atom. The summed E-state index contributed by atoms with van der Waals surface area (Å²) < 4.78 is 16.4. The fourth-order valence-corrected chi connectivity index (χ4v) is 2.48. The zero-order chi connectivity index (χ0) is 19.5. The molecule has 0 unspecified atom stereocenters. The highest BCUT2D eigenvalue weighted by Crippen LogP contribution is 2.28. The number of terminal acetylenes is 1. The van der Waals surface area contributed by atoms with Crippen molar-refractivity contribution in [1.82, 2.24) is 5.32 Å². The number of aryl methyl sites for hydroxylation is 1. The summed E-state index contributed by atoms with van der Waals surface area (Å²) in [4.78, 5) is 12.0. The molecule has 0 spiro atoms. The lowest BCUT2D eigenvalue weighted by Gasteiger charge is -2.11. The SMILES string of the molecule is C#CCOc1cc(CNC(=O)CCCOc2cccc(C)c2)ccc1OC. The van der Waals surface area contributed by atoms with Crippen LogP contribution in [0.2, 0.25) is 0 Å². The Morgan fingerprint density at radius 3 is 2.74 bits per heavy atom. The van der Waals surface area contributed by atoms with E-state index in [2.05, 4.69) is 11.2 Å². The van der Waals surface area contributed by atoms with Gasteiger partial charge in [-0.15, -0.1) is 6.42 Å². The maximum atomic E-state index is 12.0. The summed E-state index contributed by atoms with van der Waals surface area (Å²) in [6, 6.07) is 13.3. The van der Waals surface area contributed by atoms with Crippen LogP contribution in [0.5, 0.6) is 17.2 Å². The lowest BCUT2D eigenvalue weighted by atomic mass is 10.2. The molecule has 0 saturated carbocycles. The number of carbonyl (C=O) groups excluding carboxylic acids is 1. The quantitative estimate of drug-likeness (QED) is 0.516. The molecule has 0 fully saturated rings.